The lowest BCUT2D eigenvalue weighted by atomic mass is 10.1. The van der Waals surface area contributed by atoms with Gasteiger partial charge in [-0.3, -0.25) is 9.59 Å². The van der Waals surface area contributed by atoms with E-state index >= 15 is 0 Å². The normalized spacial score (nSPS) is 13.5. The van der Waals surface area contributed by atoms with Gasteiger partial charge in [0, 0.05) is 4.88 Å². The third-order valence-electron chi connectivity index (χ3n) is 3.83. The Hall–Kier alpha value is -2.83. The van der Waals surface area contributed by atoms with Gasteiger partial charge < -0.3 is 5.11 Å². The predicted octanol–water partition coefficient (Wildman–Crippen LogP) is 3.10. The van der Waals surface area contributed by atoms with E-state index in [-0.39, 0.29) is 18.4 Å². The minimum absolute atomic E-state index is 0.0250. The molecule has 24 heavy (non-hydrogen) atoms. The predicted molar refractivity (Wildman–Crippen MR) is 91.1 cm³/mol. The van der Waals surface area contributed by atoms with Gasteiger partial charge in [-0.15, -0.1) is 11.3 Å². The summed E-state index contributed by atoms with van der Waals surface area (Å²) in [6.45, 7) is -0.0250. The number of aromatic nitrogens is 1. The molecule has 1 aliphatic heterocycles. The van der Waals surface area contributed by atoms with Crippen molar-refractivity contribution in [3.05, 3.63) is 70.6 Å². The summed E-state index contributed by atoms with van der Waals surface area (Å²) in [5.41, 5.74) is 1.45. The summed E-state index contributed by atoms with van der Waals surface area (Å²) in [5.74, 6) is -0.414. The first-order valence-electron chi connectivity index (χ1n) is 7.34. The first-order chi connectivity index (χ1) is 11.7. The summed E-state index contributed by atoms with van der Waals surface area (Å²) in [7, 11) is 0. The van der Waals surface area contributed by atoms with Crippen molar-refractivity contribution in [3.63, 3.8) is 0 Å². The lowest BCUT2D eigenvalue weighted by Gasteiger charge is -2.13. The molecule has 2 amide bonds. The van der Waals surface area contributed by atoms with E-state index in [1.54, 1.807) is 36.4 Å². The number of hydrogen-bond donors (Lipinski definition) is 1. The van der Waals surface area contributed by atoms with E-state index in [1.165, 1.54) is 11.3 Å². The number of carbonyl (C=O) groups excluding carboxylic acids is 2. The highest BCUT2D eigenvalue weighted by Crippen LogP contribution is 2.31. The number of aliphatic hydroxyl groups is 1. The average molecular weight is 336 g/mol. The molecule has 2 aromatic heterocycles. The largest absolute Gasteiger partial charge is 0.391 e. The van der Waals surface area contributed by atoms with Crippen molar-refractivity contribution in [2.24, 2.45) is 0 Å². The fraction of sp³-hybridized carbons (Fsp3) is 0.0556. The Morgan fingerprint density at radius 3 is 2.25 bits per heavy atom. The second-order valence-corrected chi connectivity index (χ2v) is 6.46. The maximum absolute atomic E-state index is 12.5. The van der Waals surface area contributed by atoms with Crippen LogP contribution in [0.2, 0.25) is 0 Å². The highest BCUT2D eigenvalue weighted by Gasteiger charge is 2.37. The third kappa shape index (κ3) is 2.24. The summed E-state index contributed by atoms with van der Waals surface area (Å²) in [6.07, 6.45) is 0. The Kier molecular flexibility index (Phi) is 3.48. The maximum atomic E-state index is 12.5. The molecular weight excluding hydrogens is 324 g/mol. The third-order valence-corrected chi connectivity index (χ3v) is 4.92. The monoisotopic (exact) mass is 336 g/mol. The smallest absolute Gasteiger partial charge is 0.267 e. The molecule has 1 aromatic carbocycles. The molecule has 0 atom stereocenters. The molecule has 0 spiro atoms. The first-order valence-corrected chi connectivity index (χ1v) is 8.15. The molecule has 118 valence electrons. The molecule has 3 heterocycles. The number of rotatable bonds is 3. The van der Waals surface area contributed by atoms with E-state index in [0.29, 0.717) is 22.6 Å². The summed E-state index contributed by atoms with van der Waals surface area (Å²) >= 11 is 1.43. The number of pyridine rings is 1. The SMILES string of the molecule is O=C1c2ccccc2C(=O)N1c1cccc(-c2ccc(CO)s2)n1. The minimum Gasteiger partial charge on any atom is -0.391 e. The molecule has 4 rings (SSSR count). The molecule has 0 bridgehead atoms. The Morgan fingerprint density at radius 2 is 1.62 bits per heavy atom. The standard InChI is InChI=1S/C18H12N2O3S/c21-10-11-8-9-15(24-11)14-6-3-7-16(19-14)20-17(22)12-4-1-2-5-13(12)18(20)23/h1-9,21H,10H2. The van der Waals surface area contributed by atoms with Crippen LogP contribution >= 0.6 is 11.3 Å². The van der Waals surface area contributed by atoms with Crippen LogP contribution in [0.25, 0.3) is 10.6 Å². The van der Waals surface area contributed by atoms with Gasteiger partial charge in [0.1, 0.15) is 5.82 Å². The zero-order valence-corrected chi connectivity index (χ0v) is 13.3. The van der Waals surface area contributed by atoms with Crippen molar-refractivity contribution in [2.75, 3.05) is 4.90 Å². The van der Waals surface area contributed by atoms with E-state index in [0.717, 1.165) is 14.7 Å². The zero-order chi connectivity index (χ0) is 16.7. The number of imide groups is 1. The minimum atomic E-state index is -0.359. The van der Waals surface area contributed by atoms with Gasteiger partial charge >= 0.3 is 0 Å². The van der Waals surface area contributed by atoms with Crippen LogP contribution in [0, 0.1) is 0 Å². The van der Waals surface area contributed by atoms with E-state index in [4.69, 9.17) is 0 Å². The lowest BCUT2D eigenvalue weighted by molar-refractivity contribution is 0.0925. The van der Waals surface area contributed by atoms with Gasteiger partial charge in [-0.05, 0) is 36.4 Å². The van der Waals surface area contributed by atoms with Crippen LogP contribution in [0.15, 0.2) is 54.6 Å². The van der Waals surface area contributed by atoms with Crippen LogP contribution < -0.4 is 4.90 Å². The molecule has 1 aliphatic rings. The quantitative estimate of drug-likeness (QED) is 0.746. The van der Waals surface area contributed by atoms with Crippen LogP contribution in [-0.4, -0.2) is 21.9 Å². The summed E-state index contributed by atoms with van der Waals surface area (Å²) in [5, 5.41) is 9.19. The second-order valence-electron chi connectivity index (χ2n) is 5.30. The van der Waals surface area contributed by atoms with Gasteiger partial charge in [-0.1, -0.05) is 18.2 Å². The Morgan fingerprint density at radius 1 is 0.917 bits per heavy atom. The molecule has 0 saturated carbocycles. The Balaban J connectivity index is 1.75. The van der Waals surface area contributed by atoms with Gasteiger partial charge in [0.15, 0.2) is 0 Å². The number of hydrogen-bond acceptors (Lipinski definition) is 5. The number of amides is 2. The van der Waals surface area contributed by atoms with Crippen molar-refractivity contribution in [2.45, 2.75) is 6.61 Å². The average Bonchev–Trinajstić information content (AvgIpc) is 3.20. The van der Waals surface area contributed by atoms with Gasteiger partial charge in [0.2, 0.25) is 0 Å². The van der Waals surface area contributed by atoms with E-state index < -0.39 is 0 Å². The lowest BCUT2D eigenvalue weighted by Crippen LogP contribution is -2.30. The number of nitrogens with zero attached hydrogens (tertiary/aromatic N) is 2. The van der Waals surface area contributed by atoms with Crippen LogP contribution in [-0.2, 0) is 6.61 Å². The Labute approximate surface area is 141 Å². The van der Waals surface area contributed by atoms with Crippen LogP contribution in [0.3, 0.4) is 0 Å². The van der Waals surface area contributed by atoms with Crippen LogP contribution in [0.1, 0.15) is 25.6 Å². The van der Waals surface area contributed by atoms with Crippen molar-refractivity contribution in [3.8, 4) is 10.6 Å². The van der Waals surface area contributed by atoms with Crippen molar-refractivity contribution in [1.29, 1.82) is 0 Å². The highest BCUT2D eigenvalue weighted by molar-refractivity contribution is 7.15. The molecule has 0 aliphatic carbocycles. The highest BCUT2D eigenvalue weighted by atomic mass is 32.1. The van der Waals surface area contributed by atoms with Crippen molar-refractivity contribution < 1.29 is 14.7 Å². The maximum Gasteiger partial charge on any atom is 0.267 e. The molecule has 6 heteroatoms. The molecule has 0 unspecified atom stereocenters. The van der Waals surface area contributed by atoms with Gasteiger partial charge in [0.25, 0.3) is 11.8 Å². The zero-order valence-electron chi connectivity index (χ0n) is 12.5. The van der Waals surface area contributed by atoms with Crippen molar-refractivity contribution >= 4 is 29.0 Å². The fourth-order valence-corrected chi connectivity index (χ4v) is 3.52. The number of thiophene rings is 1. The van der Waals surface area contributed by atoms with E-state index in [1.807, 2.05) is 18.2 Å². The summed E-state index contributed by atoms with van der Waals surface area (Å²) in [6, 6.07) is 15.7. The molecule has 5 nitrogen and oxygen atoms in total. The summed E-state index contributed by atoms with van der Waals surface area (Å²) < 4.78 is 0. The molecule has 1 N–H and O–H groups in total. The molecular formula is C18H12N2O3S. The first kappa shape index (κ1) is 14.7. The van der Waals surface area contributed by atoms with Crippen LogP contribution in [0.4, 0.5) is 5.82 Å². The number of aliphatic hydroxyl groups excluding tert-OH is 1. The van der Waals surface area contributed by atoms with Gasteiger partial charge in [-0.25, -0.2) is 9.88 Å². The molecule has 0 radical (unpaired) electrons. The van der Waals surface area contributed by atoms with Crippen molar-refractivity contribution in [1.82, 2.24) is 4.98 Å². The van der Waals surface area contributed by atoms with Crippen LogP contribution in [0.5, 0.6) is 0 Å². The van der Waals surface area contributed by atoms with E-state index in [2.05, 4.69) is 4.98 Å². The number of carbonyl (C=O) groups is 2. The molecule has 0 fully saturated rings. The van der Waals surface area contributed by atoms with Gasteiger partial charge in [0.05, 0.1) is 28.3 Å². The van der Waals surface area contributed by atoms with Gasteiger partial charge in [-0.2, -0.15) is 0 Å². The molecule has 3 aromatic rings. The Bertz CT molecular complexity index is 929. The fourth-order valence-electron chi connectivity index (χ4n) is 2.68. The number of anilines is 1. The number of fused-ring (bicyclic) bond motifs is 1. The van der Waals surface area contributed by atoms with E-state index in [9.17, 15) is 14.7 Å². The summed E-state index contributed by atoms with van der Waals surface area (Å²) in [4.78, 5) is 32.4. The second kappa shape index (κ2) is 5.67. The number of benzene rings is 1. The topological polar surface area (TPSA) is 70.5 Å². The molecule has 0 saturated heterocycles.